The van der Waals surface area contributed by atoms with E-state index in [0.717, 1.165) is 0 Å². The molecule has 0 aromatic heterocycles. The molecule has 47 heavy (non-hydrogen) atoms. The summed E-state index contributed by atoms with van der Waals surface area (Å²) in [5.41, 5.74) is -2.50. The van der Waals surface area contributed by atoms with Gasteiger partial charge in [-0.2, -0.15) is 0 Å². The fourth-order valence-electron chi connectivity index (χ4n) is 12.5. The molecule has 1 aliphatic heterocycles. The van der Waals surface area contributed by atoms with E-state index in [4.69, 9.17) is 33.2 Å². The molecule has 1 aromatic rings. The lowest BCUT2D eigenvalue weighted by Crippen LogP contribution is -2.80. The van der Waals surface area contributed by atoms with E-state index < -0.39 is 70.7 Å². The van der Waals surface area contributed by atoms with Crippen molar-refractivity contribution in [3.05, 3.63) is 29.8 Å². The van der Waals surface area contributed by atoms with Gasteiger partial charge in [-0.25, -0.2) is 4.79 Å². The molecule has 12 heteroatoms. The second kappa shape index (κ2) is 11.6. The molecule has 15 atom stereocenters. The van der Waals surface area contributed by atoms with Gasteiger partial charge in [0, 0.05) is 88.9 Å². The van der Waals surface area contributed by atoms with E-state index in [0.29, 0.717) is 43.9 Å². The van der Waals surface area contributed by atoms with Crippen LogP contribution in [0, 0.1) is 40.4 Å². The van der Waals surface area contributed by atoms with Crippen molar-refractivity contribution in [1.82, 2.24) is 4.90 Å². The SMILES string of the molecule is CCN1C[C@]2(COC)[C@H](O)C[C@H](OC)[C@@]34[C@@H]5C[C@@H]6[C@@H](OC)[C@H](O)[C@@](OC(C)=O)([C@H]5[C@H]6OC(=O)c5ccc(OC)cc5)[C@@H]([C@H](OC)[C@H]23)[C@H]14. The van der Waals surface area contributed by atoms with Crippen LogP contribution in [0.25, 0.3) is 0 Å². The van der Waals surface area contributed by atoms with Gasteiger partial charge in [-0.15, -0.1) is 0 Å². The van der Waals surface area contributed by atoms with Crippen molar-refractivity contribution in [1.29, 1.82) is 0 Å². The molecule has 0 amide bonds. The first-order valence-corrected chi connectivity index (χ1v) is 16.8. The molecule has 12 nitrogen and oxygen atoms in total. The van der Waals surface area contributed by atoms with Crippen LogP contribution in [0.2, 0.25) is 0 Å². The molecule has 5 aliphatic carbocycles. The number of nitrogens with zero attached hydrogens (tertiary/aromatic N) is 1. The Morgan fingerprint density at radius 2 is 1.64 bits per heavy atom. The lowest BCUT2D eigenvalue weighted by atomic mass is 9.42. The maximum absolute atomic E-state index is 13.9. The Kier molecular flexibility index (Phi) is 8.22. The largest absolute Gasteiger partial charge is 0.497 e. The maximum atomic E-state index is 13.9. The van der Waals surface area contributed by atoms with E-state index >= 15 is 0 Å². The van der Waals surface area contributed by atoms with Gasteiger partial charge < -0.3 is 43.4 Å². The summed E-state index contributed by atoms with van der Waals surface area (Å²) in [6.45, 7) is 4.95. The molecule has 7 rings (SSSR count). The molecule has 1 heterocycles. The second-order valence-electron chi connectivity index (χ2n) is 14.6. The fourth-order valence-corrected chi connectivity index (χ4v) is 12.5. The first-order valence-electron chi connectivity index (χ1n) is 16.8. The van der Waals surface area contributed by atoms with Crippen molar-refractivity contribution in [3.63, 3.8) is 0 Å². The smallest absolute Gasteiger partial charge is 0.338 e. The summed E-state index contributed by atoms with van der Waals surface area (Å²) in [6.07, 6.45) is -3.51. The number of hydrogen-bond acceptors (Lipinski definition) is 12. The molecule has 1 aromatic carbocycles. The molecule has 0 radical (unpaired) electrons. The third kappa shape index (κ3) is 4.00. The molecule has 1 saturated heterocycles. The fraction of sp³-hybridized carbons (Fsp3) is 0.771. The maximum Gasteiger partial charge on any atom is 0.338 e. The minimum absolute atomic E-state index is 0.229. The van der Waals surface area contributed by atoms with E-state index in [1.54, 1.807) is 59.8 Å². The topological polar surface area (TPSA) is 142 Å². The lowest BCUT2D eigenvalue weighted by molar-refractivity contribution is -0.312. The first-order chi connectivity index (χ1) is 22.6. The lowest BCUT2D eigenvalue weighted by Gasteiger charge is -2.70. The van der Waals surface area contributed by atoms with E-state index in [1.165, 1.54) is 6.92 Å². The predicted molar refractivity (Wildman–Crippen MR) is 166 cm³/mol. The van der Waals surface area contributed by atoms with E-state index in [9.17, 15) is 19.8 Å². The van der Waals surface area contributed by atoms with Crippen LogP contribution in [0.3, 0.4) is 0 Å². The summed E-state index contributed by atoms with van der Waals surface area (Å²) < 4.78 is 43.2. The van der Waals surface area contributed by atoms with Crippen LogP contribution in [0.4, 0.5) is 0 Å². The van der Waals surface area contributed by atoms with Crippen LogP contribution < -0.4 is 4.74 Å². The summed E-state index contributed by atoms with van der Waals surface area (Å²) in [4.78, 5) is 29.5. The Hall–Kier alpha value is -2.32. The molecule has 5 saturated carbocycles. The molecular weight excluding hydrogens is 610 g/mol. The normalized spacial score (nSPS) is 47.4. The number of aliphatic hydroxyl groups is 2. The van der Waals surface area contributed by atoms with Gasteiger partial charge in [0.25, 0.3) is 0 Å². The van der Waals surface area contributed by atoms with Gasteiger partial charge in [-0.1, -0.05) is 6.92 Å². The highest BCUT2D eigenvalue weighted by molar-refractivity contribution is 5.89. The number of fused-ring (bicyclic) bond motifs is 2. The van der Waals surface area contributed by atoms with Gasteiger partial charge in [0.2, 0.25) is 0 Å². The third-order valence-corrected chi connectivity index (χ3v) is 13.4. The predicted octanol–water partition coefficient (Wildman–Crippen LogP) is 1.54. The zero-order chi connectivity index (χ0) is 33.6. The summed E-state index contributed by atoms with van der Waals surface area (Å²) in [7, 11) is 8.11. The van der Waals surface area contributed by atoms with E-state index in [2.05, 4.69) is 11.8 Å². The minimum atomic E-state index is -1.53. The Morgan fingerprint density at radius 3 is 2.21 bits per heavy atom. The molecule has 260 valence electrons. The number of likely N-dealkylation sites (tertiary alicyclic amines) is 1. The number of benzene rings is 1. The summed E-state index contributed by atoms with van der Waals surface area (Å²) in [5, 5.41) is 24.6. The molecule has 2 N–H and O–H groups in total. The quantitative estimate of drug-likeness (QED) is 0.352. The number of methoxy groups -OCH3 is 5. The van der Waals surface area contributed by atoms with Crippen molar-refractivity contribution in [3.8, 4) is 5.75 Å². The van der Waals surface area contributed by atoms with Crippen molar-refractivity contribution < 1.29 is 53.0 Å². The van der Waals surface area contributed by atoms with Crippen molar-refractivity contribution >= 4 is 11.9 Å². The number of aliphatic hydroxyl groups excluding tert-OH is 2. The summed E-state index contributed by atoms with van der Waals surface area (Å²) in [6, 6.07) is 6.50. The number of piperidine rings is 1. The van der Waals surface area contributed by atoms with Crippen molar-refractivity contribution in [2.45, 2.75) is 75.0 Å². The van der Waals surface area contributed by atoms with Crippen molar-refractivity contribution in [2.24, 2.45) is 40.4 Å². The van der Waals surface area contributed by atoms with Crippen LogP contribution in [-0.2, 0) is 33.2 Å². The molecule has 0 unspecified atom stereocenters. The van der Waals surface area contributed by atoms with Gasteiger partial charge in [-0.3, -0.25) is 9.69 Å². The van der Waals surface area contributed by atoms with Gasteiger partial charge >= 0.3 is 11.9 Å². The van der Waals surface area contributed by atoms with Gasteiger partial charge in [-0.05, 0) is 43.1 Å². The molecular formula is C35H49NO11. The van der Waals surface area contributed by atoms with Crippen LogP contribution >= 0.6 is 0 Å². The van der Waals surface area contributed by atoms with Gasteiger partial charge in [0.1, 0.15) is 18.0 Å². The molecule has 6 aliphatic rings. The second-order valence-corrected chi connectivity index (χ2v) is 14.6. The highest BCUT2D eigenvalue weighted by Crippen LogP contribution is 2.80. The monoisotopic (exact) mass is 659 g/mol. The molecule has 6 fully saturated rings. The molecule has 7 bridgehead atoms. The number of carbonyl (C=O) groups excluding carboxylic acids is 2. The highest BCUT2D eigenvalue weighted by Gasteiger charge is 2.90. The first kappa shape index (κ1) is 33.2. The van der Waals surface area contributed by atoms with Gasteiger partial charge in [0.05, 0.1) is 43.7 Å². The Bertz CT molecular complexity index is 1380. The van der Waals surface area contributed by atoms with E-state index in [-0.39, 0.29) is 29.9 Å². The number of hydrogen-bond donors (Lipinski definition) is 2. The summed E-state index contributed by atoms with van der Waals surface area (Å²) >= 11 is 0. The zero-order valence-corrected chi connectivity index (χ0v) is 28.3. The minimum Gasteiger partial charge on any atom is -0.497 e. The van der Waals surface area contributed by atoms with Crippen LogP contribution in [0.1, 0.15) is 37.0 Å². The highest BCUT2D eigenvalue weighted by atomic mass is 16.6. The average molecular weight is 660 g/mol. The number of ether oxygens (including phenoxy) is 7. The zero-order valence-electron chi connectivity index (χ0n) is 28.3. The van der Waals surface area contributed by atoms with E-state index in [1.807, 2.05) is 0 Å². The summed E-state index contributed by atoms with van der Waals surface area (Å²) in [5.74, 6) is -2.49. The van der Waals surface area contributed by atoms with Crippen LogP contribution in [0.5, 0.6) is 5.75 Å². The Labute approximate surface area is 275 Å². The Balaban J connectivity index is 1.47. The number of esters is 2. The van der Waals surface area contributed by atoms with Gasteiger partial charge in [0.15, 0.2) is 5.60 Å². The van der Waals surface area contributed by atoms with Crippen LogP contribution in [-0.4, -0.2) is 131 Å². The van der Waals surface area contributed by atoms with Crippen LogP contribution in [0.15, 0.2) is 24.3 Å². The third-order valence-electron chi connectivity index (χ3n) is 13.4. The standard InChI is InChI=1S/C35H49NO11/c1-8-36-15-33(16-41-3)22(38)14-23(43-5)34-21-13-20-26(46-32(40)18-9-11-19(42-4)12-10-18)24(21)35(47-17(2)37,31(39)27(20)44-6)25(30(34)36)28(45-7)29(33)34/h9-12,20-31,38-39H,8,13-16H2,1-7H3/t20-,21+,22+,23-,24+,25-,26-,27+,28-,29+,30-,31-,33-,34-,35+/m0/s1. The molecule has 1 spiro atoms. The average Bonchev–Trinajstić information content (AvgIpc) is 3.49. The number of carbonyl (C=O) groups is 2. The number of rotatable bonds is 10. The van der Waals surface area contributed by atoms with Crippen molar-refractivity contribution in [2.75, 3.05) is 55.2 Å². The Morgan fingerprint density at radius 1 is 0.936 bits per heavy atom.